The number of esters is 1. The van der Waals surface area contributed by atoms with E-state index in [0.717, 1.165) is 0 Å². The minimum Gasteiger partial charge on any atom is -0.493 e. The first kappa shape index (κ1) is 20.7. The van der Waals surface area contributed by atoms with Crippen LogP contribution in [0.4, 0.5) is 0 Å². The van der Waals surface area contributed by atoms with Crippen molar-refractivity contribution in [1.82, 2.24) is 4.31 Å². The summed E-state index contributed by atoms with van der Waals surface area (Å²) < 4.78 is 42.5. The summed E-state index contributed by atoms with van der Waals surface area (Å²) in [5.74, 6) is -0.329. The van der Waals surface area contributed by atoms with Crippen LogP contribution in [0, 0.1) is 5.92 Å². The maximum atomic E-state index is 12.9. The summed E-state index contributed by atoms with van der Waals surface area (Å²) >= 11 is 3.26. The van der Waals surface area contributed by atoms with E-state index in [1.807, 2.05) is 0 Å². The number of nitrogens with zero attached hydrogens (tertiary/aromatic N) is 1. The lowest BCUT2D eigenvalue weighted by molar-refractivity contribution is -0.145. The molecule has 1 rings (SSSR count). The number of rotatable bonds is 8. The molecule has 0 aliphatic heterocycles. The molecule has 7 nitrogen and oxygen atoms in total. The molecule has 0 spiro atoms. The number of halogens is 1. The van der Waals surface area contributed by atoms with Crippen LogP contribution in [0.5, 0.6) is 11.5 Å². The van der Waals surface area contributed by atoms with E-state index >= 15 is 0 Å². The Morgan fingerprint density at radius 3 is 2.21 bits per heavy atom. The van der Waals surface area contributed by atoms with Crippen LogP contribution in [0.25, 0.3) is 0 Å². The average Bonchev–Trinajstić information content (AvgIpc) is 2.57. The van der Waals surface area contributed by atoms with Crippen molar-refractivity contribution in [2.75, 3.05) is 34.4 Å². The fraction of sp³-hybridized carbons (Fsp3) is 0.533. The van der Waals surface area contributed by atoms with Gasteiger partial charge in [-0.15, -0.1) is 0 Å². The predicted molar refractivity (Wildman–Crippen MR) is 92.9 cm³/mol. The molecule has 1 atom stereocenters. The van der Waals surface area contributed by atoms with Gasteiger partial charge in [-0.25, -0.2) is 8.42 Å². The van der Waals surface area contributed by atoms with Gasteiger partial charge < -0.3 is 14.2 Å². The summed E-state index contributed by atoms with van der Waals surface area (Å²) in [6, 6.07) is 2.92. The lowest BCUT2D eigenvalue weighted by Gasteiger charge is -2.24. The summed E-state index contributed by atoms with van der Waals surface area (Å²) in [5, 5.41) is 0. The molecule has 24 heavy (non-hydrogen) atoms. The maximum Gasteiger partial charge on any atom is 0.309 e. The molecule has 0 N–H and O–H groups in total. The Kier molecular flexibility index (Phi) is 7.50. The summed E-state index contributed by atoms with van der Waals surface area (Å²) in [5.41, 5.74) is 0. The molecule has 0 aliphatic carbocycles. The zero-order valence-corrected chi connectivity index (χ0v) is 16.7. The predicted octanol–water partition coefficient (Wildman–Crippen LogP) is 2.29. The molecular weight excluding hydrogens is 402 g/mol. The van der Waals surface area contributed by atoms with Crippen molar-refractivity contribution in [3.8, 4) is 11.5 Å². The second kappa shape index (κ2) is 8.68. The summed E-state index contributed by atoms with van der Waals surface area (Å²) in [7, 11) is 0.336. The van der Waals surface area contributed by atoms with E-state index in [-0.39, 0.29) is 18.0 Å². The third-order valence-electron chi connectivity index (χ3n) is 3.49. The smallest absolute Gasteiger partial charge is 0.309 e. The SMILES string of the molecule is CCN(CC(C)C(=O)OC)S(=O)(=O)c1cc(OC)c(OC)cc1Br. The first-order chi connectivity index (χ1) is 11.2. The van der Waals surface area contributed by atoms with Crippen LogP contribution in [0.2, 0.25) is 0 Å². The highest BCUT2D eigenvalue weighted by Gasteiger charge is 2.30. The highest BCUT2D eigenvalue weighted by molar-refractivity contribution is 9.10. The molecule has 0 saturated heterocycles. The molecule has 0 bridgehead atoms. The van der Waals surface area contributed by atoms with Crippen LogP contribution in [0.1, 0.15) is 13.8 Å². The van der Waals surface area contributed by atoms with Crippen molar-refractivity contribution < 1.29 is 27.4 Å². The Morgan fingerprint density at radius 2 is 1.75 bits per heavy atom. The monoisotopic (exact) mass is 423 g/mol. The number of benzene rings is 1. The molecule has 0 aromatic heterocycles. The molecule has 9 heteroatoms. The van der Waals surface area contributed by atoms with Crippen molar-refractivity contribution in [3.05, 3.63) is 16.6 Å². The van der Waals surface area contributed by atoms with Gasteiger partial charge in [-0.05, 0) is 22.0 Å². The van der Waals surface area contributed by atoms with Gasteiger partial charge in [-0.1, -0.05) is 13.8 Å². The van der Waals surface area contributed by atoms with Gasteiger partial charge in [0.1, 0.15) is 4.90 Å². The number of ether oxygens (including phenoxy) is 3. The Bertz CT molecular complexity index is 691. The van der Waals surface area contributed by atoms with Crippen LogP contribution in [0.3, 0.4) is 0 Å². The lowest BCUT2D eigenvalue weighted by Crippen LogP contribution is -2.37. The van der Waals surface area contributed by atoms with Gasteiger partial charge in [0.15, 0.2) is 11.5 Å². The molecule has 0 aliphatic rings. The van der Waals surface area contributed by atoms with Gasteiger partial charge in [0.05, 0.1) is 27.2 Å². The first-order valence-electron chi connectivity index (χ1n) is 7.22. The highest BCUT2D eigenvalue weighted by Crippen LogP contribution is 2.36. The van der Waals surface area contributed by atoms with Crippen LogP contribution < -0.4 is 9.47 Å². The number of hydrogen-bond acceptors (Lipinski definition) is 6. The Morgan fingerprint density at radius 1 is 1.21 bits per heavy atom. The fourth-order valence-electron chi connectivity index (χ4n) is 2.15. The minimum atomic E-state index is -3.83. The molecule has 0 heterocycles. The van der Waals surface area contributed by atoms with E-state index in [0.29, 0.717) is 16.0 Å². The van der Waals surface area contributed by atoms with Crippen LogP contribution in [0.15, 0.2) is 21.5 Å². The largest absolute Gasteiger partial charge is 0.493 e. The maximum absolute atomic E-state index is 12.9. The van der Waals surface area contributed by atoms with Crippen molar-refractivity contribution in [1.29, 1.82) is 0 Å². The lowest BCUT2D eigenvalue weighted by atomic mass is 10.2. The van der Waals surface area contributed by atoms with Crippen molar-refractivity contribution in [2.24, 2.45) is 5.92 Å². The van der Waals surface area contributed by atoms with Gasteiger partial charge in [-0.2, -0.15) is 4.31 Å². The molecule has 1 aromatic carbocycles. The Hall–Kier alpha value is -1.32. The third-order valence-corrected chi connectivity index (χ3v) is 6.39. The first-order valence-corrected chi connectivity index (χ1v) is 9.45. The number of methoxy groups -OCH3 is 3. The van der Waals surface area contributed by atoms with Crippen molar-refractivity contribution >= 4 is 31.9 Å². The van der Waals surface area contributed by atoms with Crippen molar-refractivity contribution in [3.63, 3.8) is 0 Å². The third kappa shape index (κ3) is 4.40. The van der Waals surface area contributed by atoms with Gasteiger partial charge in [0, 0.05) is 23.6 Å². The Labute approximate surface area is 151 Å². The van der Waals surface area contributed by atoms with Crippen LogP contribution in [-0.2, 0) is 19.6 Å². The second-order valence-corrected chi connectivity index (χ2v) is 7.78. The number of carbonyl (C=O) groups excluding carboxylic acids is 1. The van der Waals surface area contributed by atoms with Crippen LogP contribution >= 0.6 is 15.9 Å². The summed E-state index contributed by atoms with van der Waals surface area (Å²) in [4.78, 5) is 11.6. The highest BCUT2D eigenvalue weighted by atomic mass is 79.9. The summed E-state index contributed by atoms with van der Waals surface area (Å²) in [6.45, 7) is 3.56. The zero-order valence-electron chi connectivity index (χ0n) is 14.3. The molecular formula is C15H22BrNO6S. The molecule has 0 radical (unpaired) electrons. The van der Waals surface area contributed by atoms with E-state index < -0.39 is 21.9 Å². The topological polar surface area (TPSA) is 82.1 Å². The van der Waals surface area contributed by atoms with Gasteiger partial charge in [0.2, 0.25) is 10.0 Å². The van der Waals surface area contributed by atoms with E-state index in [1.54, 1.807) is 13.8 Å². The van der Waals surface area contributed by atoms with Gasteiger partial charge in [-0.3, -0.25) is 4.79 Å². The standard InChI is InChI=1S/C15H22BrNO6S/c1-6-17(9-10(2)15(18)23-5)24(19,20)14-8-13(22-4)12(21-3)7-11(14)16/h7-8,10H,6,9H2,1-5H3. The van der Waals surface area contributed by atoms with Gasteiger partial charge >= 0.3 is 5.97 Å². The van der Waals surface area contributed by atoms with E-state index in [4.69, 9.17) is 9.47 Å². The average molecular weight is 424 g/mol. The van der Waals surface area contributed by atoms with E-state index in [2.05, 4.69) is 20.7 Å². The number of sulfonamides is 1. The van der Waals surface area contributed by atoms with Crippen molar-refractivity contribution in [2.45, 2.75) is 18.7 Å². The number of hydrogen-bond donors (Lipinski definition) is 0. The van der Waals surface area contributed by atoms with E-state index in [1.165, 1.54) is 37.8 Å². The quantitative estimate of drug-likeness (QED) is 0.596. The molecule has 1 aromatic rings. The molecule has 1 unspecified atom stereocenters. The Balaban J connectivity index is 3.28. The second-order valence-electron chi connectivity index (χ2n) is 5.02. The van der Waals surface area contributed by atoms with E-state index in [9.17, 15) is 13.2 Å². The number of carbonyl (C=O) groups is 1. The van der Waals surface area contributed by atoms with Gasteiger partial charge in [0.25, 0.3) is 0 Å². The minimum absolute atomic E-state index is 0.0201. The zero-order chi connectivity index (χ0) is 18.5. The normalized spacial score (nSPS) is 12.8. The molecule has 0 fully saturated rings. The molecule has 136 valence electrons. The fourth-order valence-corrected chi connectivity index (χ4v) is 4.69. The molecule has 0 saturated carbocycles. The summed E-state index contributed by atoms with van der Waals surface area (Å²) in [6.07, 6.45) is 0. The van der Waals surface area contributed by atoms with Crippen LogP contribution in [-0.4, -0.2) is 53.1 Å². The molecule has 0 amide bonds.